The summed E-state index contributed by atoms with van der Waals surface area (Å²) in [4.78, 5) is 1.84. The van der Waals surface area contributed by atoms with Crippen LogP contribution >= 0.6 is 12.2 Å². The lowest BCUT2D eigenvalue weighted by atomic mass is 10.1. The molecule has 0 aromatic rings. The van der Waals surface area contributed by atoms with Crippen molar-refractivity contribution in [1.82, 2.24) is 10.2 Å². The normalized spacial score (nSPS) is 30.2. The fraction of sp³-hybridized carbons (Fsp3) is 0.875. The first-order valence-electron chi connectivity index (χ1n) is 4.40. The molecule has 1 saturated heterocycles. The standard InChI is InChI=1S/C8H16N2OS/c1-3-4-10-7(11)5-6(2)9-8(10)12/h6-7,11H,3-5H2,1-2H3,(H,9,12). The zero-order chi connectivity index (χ0) is 9.14. The average molecular weight is 188 g/mol. The highest BCUT2D eigenvalue weighted by molar-refractivity contribution is 7.80. The molecule has 1 aliphatic heterocycles. The van der Waals surface area contributed by atoms with Gasteiger partial charge in [-0.3, -0.25) is 0 Å². The molecule has 2 unspecified atom stereocenters. The molecule has 1 heterocycles. The van der Waals surface area contributed by atoms with Crippen molar-refractivity contribution < 1.29 is 5.11 Å². The molecular formula is C8H16N2OS. The van der Waals surface area contributed by atoms with Gasteiger partial charge in [-0.15, -0.1) is 0 Å². The Balaban J connectivity index is 2.54. The minimum absolute atomic E-state index is 0.292. The minimum Gasteiger partial charge on any atom is -0.373 e. The van der Waals surface area contributed by atoms with Crippen LogP contribution in [-0.2, 0) is 0 Å². The smallest absolute Gasteiger partial charge is 0.171 e. The lowest BCUT2D eigenvalue weighted by Crippen LogP contribution is -2.55. The Kier molecular flexibility index (Phi) is 3.29. The lowest BCUT2D eigenvalue weighted by molar-refractivity contribution is 0.0258. The zero-order valence-electron chi connectivity index (χ0n) is 7.58. The highest BCUT2D eigenvalue weighted by Crippen LogP contribution is 2.11. The molecule has 2 N–H and O–H groups in total. The van der Waals surface area contributed by atoms with Crippen molar-refractivity contribution in [2.45, 2.75) is 39.0 Å². The van der Waals surface area contributed by atoms with Crippen molar-refractivity contribution in [3.05, 3.63) is 0 Å². The molecule has 0 aromatic heterocycles. The fourth-order valence-corrected chi connectivity index (χ4v) is 1.84. The zero-order valence-corrected chi connectivity index (χ0v) is 8.40. The third kappa shape index (κ3) is 2.08. The number of hydrogen-bond acceptors (Lipinski definition) is 2. The topological polar surface area (TPSA) is 35.5 Å². The quantitative estimate of drug-likeness (QED) is 0.625. The van der Waals surface area contributed by atoms with Crippen molar-refractivity contribution >= 4 is 17.3 Å². The summed E-state index contributed by atoms with van der Waals surface area (Å²) in [5.74, 6) is 0. The molecule has 1 aliphatic rings. The Labute approximate surface area is 78.8 Å². The Bertz CT molecular complexity index is 174. The van der Waals surface area contributed by atoms with Crippen LogP contribution in [0.2, 0.25) is 0 Å². The summed E-state index contributed by atoms with van der Waals surface area (Å²) < 4.78 is 0. The third-order valence-electron chi connectivity index (χ3n) is 2.02. The van der Waals surface area contributed by atoms with Crippen molar-refractivity contribution in [2.24, 2.45) is 0 Å². The predicted molar refractivity (Wildman–Crippen MR) is 52.8 cm³/mol. The first-order chi connectivity index (χ1) is 5.65. The number of rotatable bonds is 2. The van der Waals surface area contributed by atoms with E-state index in [4.69, 9.17) is 12.2 Å². The summed E-state index contributed by atoms with van der Waals surface area (Å²) >= 11 is 5.10. The van der Waals surface area contributed by atoms with Gasteiger partial charge in [0.1, 0.15) is 6.23 Å². The van der Waals surface area contributed by atoms with Crippen molar-refractivity contribution in [3.63, 3.8) is 0 Å². The van der Waals surface area contributed by atoms with Gasteiger partial charge in [-0.25, -0.2) is 0 Å². The van der Waals surface area contributed by atoms with Gasteiger partial charge in [0.25, 0.3) is 0 Å². The van der Waals surface area contributed by atoms with Gasteiger partial charge in [-0.05, 0) is 25.6 Å². The number of thiocarbonyl (C=S) groups is 1. The number of nitrogens with zero attached hydrogens (tertiary/aromatic N) is 1. The molecule has 4 heteroatoms. The first-order valence-corrected chi connectivity index (χ1v) is 4.81. The van der Waals surface area contributed by atoms with Gasteiger partial charge < -0.3 is 15.3 Å². The van der Waals surface area contributed by atoms with E-state index in [0.29, 0.717) is 11.2 Å². The molecule has 0 saturated carbocycles. The van der Waals surface area contributed by atoms with Gasteiger partial charge >= 0.3 is 0 Å². The average Bonchev–Trinajstić information content (AvgIpc) is 1.96. The number of hydrogen-bond donors (Lipinski definition) is 2. The lowest BCUT2D eigenvalue weighted by Gasteiger charge is -2.38. The maximum absolute atomic E-state index is 9.64. The van der Waals surface area contributed by atoms with E-state index < -0.39 is 6.23 Å². The molecule has 0 aliphatic carbocycles. The number of aliphatic hydroxyl groups is 1. The van der Waals surface area contributed by atoms with Crippen LogP contribution in [0.4, 0.5) is 0 Å². The van der Waals surface area contributed by atoms with Gasteiger partial charge in [-0.2, -0.15) is 0 Å². The summed E-state index contributed by atoms with van der Waals surface area (Å²) in [6.07, 6.45) is 1.36. The molecule has 70 valence electrons. The van der Waals surface area contributed by atoms with Crippen LogP contribution in [0.5, 0.6) is 0 Å². The Hall–Kier alpha value is -0.350. The van der Waals surface area contributed by atoms with E-state index in [2.05, 4.69) is 12.2 Å². The summed E-state index contributed by atoms with van der Waals surface area (Å²) in [6.45, 7) is 4.94. The highest BCUT2D eigenvalue weighted by atomic mass is 32.1. The molecule has 0 aromatic carbocycles. The second-order valence-corrected chi connectivity index (χ2v) is 3.65. The van der Waals surface area contributed by atoms with Crippen LogP contribution in [-0.4, -0.2) is 33.9 Å². The third-order valence-corrected chi connectivity index (χ3v) is 2.37. The van der Waals surface area contributed by atoms with Gasteiger partial charge in [-0.1, -0.05) is 6.92 Å². The van der Waals surface area contributed by atoms with E-state index >= 15 is 0 Å². The summed E-state index contributed by atoms with van der Waals surface area (Å²) in [6, 6.07) is 0.292. The molecule has 0 radical (unpaired) electrons. The van der Waals surface area contributed by atoms with Crippen LogP contribution in [0.25, 0.3) is 0 Å². The summed E-state index contributed by atoms with van der Waals surface area (Å²) in [7, 11) is 0. The minimum atomic E-state index is -0.395. The molecule has 0 amide bonds. The van der Waals surface area contributed by atoms with Crippen LogP contribution in [0.3, 0.4) is 0 Å². The van der Waals surface area contributed by atoms with Gasteiger partial charge in [0.15, 0.2) is 5.11 Å². The predicted octanol–water partition coefficient (Wildman–Crippen LogP) is 0.683. The molecule has 3 nitrogen and oxygen atoms in total. The SMILES string of the molecule is CCCN1C(=S)NC(C)CC1O. The first kappa shape index (κ1) is 9.74. The Morgan fingerprint density at radius 1 is 1.75 bits per heavy atom. The molecule has 0 bridgehead atoms. The molecule has 2 atom stereocenters. The summed E-state index contributed by atoms with van der Waals surface area (Å²) in [5, 5.41) is 13.5. The molecule has 0 spiro atoms. The maximum Gasteiger partial charge on any atom is 0.171 e. The van der Waals surface area contributed by atoms with Crippen LogP contribution in [0.15, 0.2) is 0 Å². The largest absolute Gasteiger partial charge is 0.373 e. The van der Waals surface area contributed by atoms with Crippen LogP contribution in [0, 0.1) is 0 Å². The number of aliphatic hydroxyl groups excluding tert-OH is 1. The monoisotopic (exact) mass is 188 g/mol. The molecule has 1 fully saturated rings. The van der Waals surface area contributed by atoms with E-state index in [1.54, 1.807) is 0 Å². The van der Waals surface area contributed by atoms with E-state index in [9.17, 15) is 5.11 Å². The second-order valence-electron chi connectivity index (χ2n) is 3.26. The summed E-state index contributed by atoms with van der Waals surface area (Å²) in [5.41, 5.74) is 0. The molecule has 1 rings (SSSR count). The van der Waals surface area contributed by atoms with Crippen molar-refractivity contribution in [3.8, 4) is 0 Å². The Morgan fingerprint density at radius 2 is 2.42 bits per heavy atom. The van der Waals surface area contributed by atoms with Crippen LogP contribution < -0.4 is 5.32 Å². The van der Waals surface area contributed by atoms with Gasteiger partial charge in [0.05, 0.1) is 0 Å². The fourth-order valence-electron chi connectivity index (χ4n) is 1.42. The maximum atomic E-state index is 9.64. The van der Waals surface area contributed by atoms with Gasteiger partial charge in [0, 0.05) is 19.0 Å². The van der Waals surface area contributed by atoms with E-state index in [0.717, 1.165) is 19.4 Å². The van der Waals surface area contributed by atoms with Gasteiger partial charge in [0.2, 0.25) is 0 Å². The molecular weight excluding hydrogens is 172 g/mol. The van der Waals surface area contributed by atoms with E-state index in [1.165, 1.54) is 0 Å². The molecule has 12 heavy (non-hydrogen) atoms. The Morgan fingerprint density at radius 3 is 2.92 bits per heavy atom. The van der Waals surface area contributed by atoms with Crippen LogP contribution in [0.1, 0.15) is 26.7 Å². The van der Waals surface area contributed by atoms with Crippen molar-refractivity contribution in [2.75, 3.05) is 6.54 Å². The highest BCUT2D eigenvalue weighted by Gasteiger charge is 2.26. The van der Waals surface area contributed by atoms with E-state index in [1.807, 2.05) is 11.8 Å². The number of nitrogens with one attached hydrogen (secondary N) is 1. The second kappa shape index (κ2) is 4.05. The van der Waals surface area contributed by atoms with E-state index in [-0.39, 0.29) is 0 Å². The van der Waals surface area contributed by atoms with Crippen molar-refractivity contribution in [1.29, 1.82) is 0 Å².